The van der Waals surface area contributed by atoms with Crippen molar-refractivity contribution >= 4 is 11.6 Å². The number of hydrogen-bond donors (Lipinski definition) is 0. The Hall–Kier alpha value is -2.98. The molecule has 0 fully saturated rings. The molecule has 0 saturated heterocycles. The van der Waals surface area contributed by atoms with Crippen LogP contribution in [0.1, 0.15) is 12.5 Å². The highest BCUT2D eigenvalue weighted by molar-refractivity contribution is 6.28. The molecule has 0 aliphatic carbocycles. The second kappa shape index (κ2) is 7.06. The fraction of sp³-hybridized carbons (Fsp3) is 0.188. The van der Waals surface area contributed by atoms with Gasteiger partial charge in [0.2, 0.25) is 5.28 Å². The number of hydrogen-bond acceptors (Lipinski definition) is 6. The van der Waals surface area contributed by atoms with E-state index in [1.165, 1.54) is 6.33 Å². The molecular formula is C16H13ClN6O. The van der Waals surface area contributed by atoms with Crippen LogP contribution in [0.2, 0.25) is 5.28 Å². The highest BCUT2D eigenvalue weighted by Crippen LogP contribution is 2.27. The summed E-state index contributed by atoms with van der Waals surface area (Å²) in [4.78, 5) is 11.8. The van der Waals surface area contributed by atoms with Crippen LogP contribution in [0.3, 0.4) is 0 Å². The fourth-order valence-electron chi connectivity index (χ4n) is 2.20. The maximum Gasteiger partial charge on any atom is 0.222 e. The Labute approximate surface area is 143 Å². The Morgan fingerprint density at radius 3 is 2.75 bits per heavy atom. The molecule has 0 N–H and O–H groups in total. The van der Waals surface area contributed by atoms with E-state index in [1.807, 2.05) is 13.0 Å². The number of nitriles is 1. The van der Waals surface area contributed by atoms with Crippen molar-refractivity contribution < 1.29 is 4.74 Å². The highest BCUT2D eigenvalue weighted by atomic mass is 35.5. The molecule has 0 aliphatic heterocycles. The number of aromatic nitrogens is 5. The van der Waals surface area contributed by atoms with Gasteiger partial charge in [0.1, 0.15) is 30.6 Å². The van der Waals surface area contributed by atoms with Gasteiger partial charge in [0.15, 0.2) is 0 Å². The average Bonchev–Trinajstić information content (AvgIpc) is 3.08. The summed E-state index contributed by atoms with van der Waals surface area (Å²) in [7, 11) is 0. The van der Waals surface area contributed by atoms with Crippen LogP contribution in [0.5, 0.6) is 5.75 Å². The summed E-state index contributed by atoms with van der Waals surface area (Å²) in [6.45, 7) is 2.43. The second-order valence-electron chi connectivity index (χ2n) is 5.11. The first-order valence-corrected chi connectivity index (χ1v) is 7.54. The summed E-state index contributed by atoms with van der Waals surface area (Å²) in [5.41, 5.74) is 2.09. The molecule has 0 amide bonds. The Bertz CT molecular complexity index is 857. The van der Waals surface area contributed by atoms with Crippen LogP contribution in [0, 0.1) is 11.3 Å². The normalized spacial score (nSPS) is 11.7. The molecule has 1 atom stereocenters. The van der Waals surface area contributed by atoms with Gasteiger partial charge in [-0.1, -0.05) is 6.07 Å². The van der Waals surface area contributed by atoms with Crippen LogP contribution in [-0.4, -0.2) is 30.8 Å². The number of benzene rings is 1. The van der Waals surface area contributed by atoms with Gasteiger partial charge < -0.3 is 4.74 Å². The third-order valence-corrected chi connectivity index (χ3v) is 3.49. The van der Waals surface area contributed by atoms with Crippen LogP contribution < -0.4 is 4.74 Å². The van der Waals surface area contributed by atoms with E-state index in [-0.39, 0.29) is 11.4 Å². The molecular weight excluding hydrogens is 328 g/mol. The van der Waals surface area contributed by atoms with E-state index in [9.17, 15) is 5.26 Å². The van der Waals surface area contributed by atoms with Crippen LogP contribution >= 0.6 is 11.6 Å². The van der Waals surface area contributed by atoms with E-state index < -0.39 is 0 Å². The minimum atomic E-state index is -0.185. The van der Waals surface area contributed by atoms with Crippen LogP contribution in [0.4, 0.5) is 0 Å². The van der Waals surface area contributed by atoms with E-state index in [2.05, 4.69) is 26.1 Å². The summed E-state index contributed by atoms with van der Waals surface area (Å²) < 4.78 is 7.59. The van der Waals surface area contributed by atoms with Crippen molar-refractivity contribution in [2.24, 2.45) is 0 Å². The van der Waals surface area contributed by atoms with E-state index in [4.69, 9.17) is 16.3 Å². The van der Waals surface area contributed by atoms with Gasteiger partial charge in [0.25, 0.3) is 0 Å². The molecule has 8 heteroatoms. The molecule has 0 aliphatic rings. The molecule has 0 radical (unpaired) electrons. The Morgan fingerprint density at radius 2 is 2.08 bits per heavy atom. The lowest BCUT2D eigenvalue weighted by atomic mass is 10.1. The highest BCUT2D eigenvalue weighted by Gasteiger charge is 2.12. The Morgan fingerprint density at radius 1 is 1.29 bits per heavy atom. The van der Waals surface area contributed by atoms with Crippen molar-refractivity contribution in [3.8, 4) is 22.9 Å². The van der Waals surface area contributed by atoms with E-state index in [1.54, 1.807) is 35.5 Å². The first-order valence-electron chi connectivity index (χ1n) is 7.17. The van der Waals surface area contributed by atoms with Crippen molar-refractivity contribution in [2.45, 2.75) is 19.6 Å². The first-order chi connectivity index (χ1) is 11.7. The molecule has 7 nitrogen and oxygen atoms in total. The summed E-state index contributed by atoms with van der Waals surface area (Å²) >= 11 is 5.71. The topological polar surface area (TPSA) is 89.5 Å². The average molecular weight is 341 g/mol. The zero-order valence-corrected chi connectivity index (χ0v) is 13.6. The van der Waals surface area contributed by atoms with Crippen LogP contribution in [-0.2, 0) is 6.54 Å². The number of halogens is 1. The zero-order chi connectivity index (χ0) is 16.9. The molecule has 2 heterocycles. The van der Waals surface area contributed by atoms with E-state index in [0.717, 1.165) is 11.1 Å². The van der Waals surface area contributed by atoms with Gasteiger partial charge in [-0.25, -0.2) is 19.6 Å². The van der Waals surface area contributed by atoms with Crippen molar-refractivity contribution in [2.75, 3.05) is 0 Å². The second-order valence-corrected chi connectivity index (χ2v) is 5.45. The molecule has 3 aromatic rings. The number of rotatable bonds is 5. The smallest absolute Gasteiger partial charge is 0.222 e. The monoisotopic (exact) mass is 340 g/mol. The Balaban J connectivity index is 1.84. The van der Waals surface area contributed by atoms with Gasteiger partial charge in [-0.15, -0.1) is 0 Å². The number of nitrogens with zero attached hydrogens (tertiary/aromatic N) is 6. The molecule has 0 spiro atoms. The van der Waals surface area contributed by atoms with Gasteiger partial charge in [0, 0.05) is 18.0 Å². The minimum Gasteiger partial charge on any atom is -0.487 e. The summed E-state index contributed by atoms with van der Waals surface area (Å²) in [6, 6.07) is 7.46. The first kappa shape index (κ1) is 15.9. The van der Waals surface area contributed by atoms with Crippen LogP contribution in [0.25, 0.3) is 11.1 Å². The molecule has 0 unspecified atom stereocenters. The molecule has 0 saturated carbocycles. The molecule has 3 rings (SSSR count). The standard InChI is InChI=1S/C16H13ClN6O/c1-11(8-23-10-19-9-22-23)24-15-4-12(2-3-13(15)5-18)14-6-20-16(17)21-7-14/h2-4,6-7,9-11H,8H2,1H3/t11-/m0/s1. The third-order valence-electron chi connectivity index (χ3n) is 3.29. The van der Waals surface area contributed by atoms with Crippen molar-refractivity contribution in [3.63, 3.8) is 0 Å². The van der Waals surface area contributed by atoms with Gasteiger partial charge >= 0.3 is 0 Å². The van der Waals surface area contributed by atoms with Gasteiger partial charge in [-0.05, 0) is 36.2 Å². The lowest BCUT2D eigenvalue weighted by Gasteiger charge is -2.16. The SMILES string of the molecule is C[C@@H](Cn1cncn1)Oc1cc(-c2cnc(Cl)nc2)ccc1C#N. The van der Waals surface area contributed by atoms with Gasteiger partial charge in [0.05, 0.1) is 12.1 Å². The Kier molecular flexibility index (Phi) is 4.68. The van der Waals surface area contributed by atoms with E-state index >= 15 is 0 Å². The summed E-state index contributed by atoms with van der Waals surface area (Å²) in [6.07, 6.45) is 6.15. The van der Waals surface area contributed by atoms with Crippen molar-refractivity contribution in [1.29, 1.82) is 5.26 Å². The van der Waals surface area contributed by atoms with Crippen molar-refractivity contribution in [1.82, 2.24) is 24.7 Å². The van der Waals surface area contributed by atoms with Crippen LogP contribution in [0.15, 0.2) is 43.2 Å². The lowest BCUT2D eigenvalue weighted by Crippen LogP contribution is -2.20. The maximum atomic E-state index is 9.29. The molecule has 24 heavy (non-hydrogen) atoms. The molecule has 120 valence electrons. The fourth-order valence-corrected chi connectivity index (χ4v) is 2.30. The predicted molar refractivity (Wildman–Crippen MR) is 87.3 cm³/mol. The molecule has 0 bridgehead atoms. The molecule has 1 aromatic carbocycles. The number of ether oxygens (including phenoxy) is 1. The van der Waals surface area contributed by atoms with Gasteiger partial charge in [-0.2, -0.15) is 10.4 Å². The lowest BCUT2D eigenvalue weighted by molar-refractivity contribution is 0.193. The van der Waals surface area contributed by atoms with E-state index in [0.29, 0.717) is 17.9 Å². The van der Waals surface area contributed by atoms with Crippen molar-refractivity contribution in [3.05, 3.63) is 54.1 Å². The molecule has 2 aromatic heterocycles. The zero-order valence-electron chi connectivity index (χ0n) is 12.8. The predicted octanol–water partition coefficient (Wildman–Crippen LogP) is 2.73. The largest absolute Gasteiger partial charge is 0.487 e. The minimum absolute atomic E-state index is 0.185. The quantitative estimate of drug-likeness (QED) is 0.663. The maximum absolute atomic E-state index is 9.29. The third kappa shape index (κ3) is 3.67. The van der Waals surface area contributed by atoms with Gasteiger partial charge in [-0.3, -0.25) is 0 Å². The summed E-state index contributed by atoms with van der Waals surface area (Å²) in [5, 5.41) is 13.5. The summed E-state index contributed by atoms with van der Waals surface area (Å²) in [5.74, 6) is 0.498.